The van der Waals surface area contributed by atoms with Crippen LogP contribution in [0, 0.1) is 16.3 Å². The zero-order valence-electron chi connectivity index (χ0n) is 6.32. The molecule has 0 saturated carbocycles. The molecule has 1 rings (SSSR count). The van der Waals surface area contributed by atoms with Crippen molar-refractivity contribution in [3.8, 4) is 5.75 Å². The minimum Gasteiger partial charge on any atom is -0.494 e. The van der Waals surface area contributed by atoms with Crippen molar-refractivity contribution in [2.75, 3.05) is 7.11 Å². The molecule has 0 amide bonds. The van der Waals surface area contributed by atoms with Crippen LogP contribution in [0.1, 0.15) is 5.56 Å². The van der Waals surface area contributed by atoms with Crippen LogP contribution in [-0.2, 0) is 0 Å². The van der Waals surface area contributed by atoms with Gasteiger partial charge in [-0.25, -0.2) is 4.39 Å². The van der Waals surface area contributed by atoms with Gasteiger partial charge in [0.15, 0.2) is 11.6 Å². The Hall–Kier alpha value is -0.320. The number of methoxy groups -OCH3 is 1. The van der Waals surface area contributed by atoms with E-state index >= 15 is 0 Å². The Bertz CT molecular complexity index is 273. The maximum Gasteiger partial charge on any atom is 0.166 e. The standard InChI is InChI=1S/C8H8FIO/c1-5-3-8(11-2)6(9)4-7(5)10/h3-4H,1-2H3. The Kier molecular flexibility index (Phi) is 2.70. The zero-order chi connectivity index (χ0) is 8.43. The molecule has 0 unspecified atom stereocenters. The molecule has 1 aromatic rings. The Morgan fingerprint density at radius 1 is 1.45 bits per heavy atom. The topological polar surface area (TPSA) is 9.23 Å². The van der Waals surface area contributed by atoms with Crippen LogP contribution in [-0.4, -0.2) is 7.11 Å². The predicted molar refractivity (Wildman–Crippen MR) is 50.4 cm³/mol. The molecule has 3 heteroatoms. The van der Waals surface area contributed by atoms with Crippen molar-refractivity contribution >= 4 is 22.6 Å². The van der Waals surface area contributed by atoms with Gasteiger partial charge in [-0.1, -0.05) is 0 Å². The van der Waals surface area contributed by atoms with Crippen molar-refractivity contribution in [2.24, 2.45) is 0 Å². The van der Waals surface area contributed by atoms with E-state index in [9.17, 15) is 4.39 Å². The fraction of sp³-hybridized carbons (Fsp3) is 0.250. The van der Waals surface area contributed by atoms with Gasteiger partial charge in [-0.3, -0.25) is 0 Å². The minimum absolute atomic E-state index is 0.303. The molecule has 0 fully saturated rings. The number of hydrogen-bond donors (Lipinski definition) is 0. The monoisotopic (exact) mass is 266 g/mol. The van der Waals surface area contributed by atoms with E-state index in [0.29, 0.717) is 5.75 Å². The van der Waals surface area contributed by atoms with Gasteiger partial charge in [-0.2, -0.15) is 0 Å². The first-order chi connectivity index (χ1) is 5.15. The van der Waals surface area contributed by atoms with E-state index in [2.05, 4.69) is 22.6 Å². The highest BCUT2D eigenvalue weighted by molar-refractivity contribution is 14.1. The molecule has 60 valence electrons. The third-order valence-corrected chi connectivity index (χ3v) is 2.60. The van der Waals surface area contributed by atoms with Gasteiger partial charge in [0.1, 0.15) is 0 Å². The van der Waals surface area contributed by atoms with Crippen LogP contribution >= 0.6 is 22.6 Å². The van der Waals surface area contributed by atoms with Crippen LogP contribution in [0.3, 0.4) is 0 Å². The Morgan fingerprint density at radius 3 is 2.64 bits per heavy atom. The maximum atomic E-state index is 12.9. The lowest BCUT2D eigenvalue weighted by molar-refractivity contribution is 0.386. The first-order valence-electron chi connectivity index (χ1n) is 3.15. The molecule has 0 aliphatic rings. The summed E-state index contributed by atoms with van der Waals surface area (Å²) >= 11 is 2.09. The molecule has 0 heterocycles. The molecule has 0 bridgehead atoms. The van der Waals surface area contributed by atoms with Gasteiger partial charge in [-0.15, -0.1) is 0 Å². The van der Waals surface area contributed by atoms with E-state index in [1.807, 2.05) is 6.92 Å². The van der Waals surface area contributed by atoms with E-state index in [1.54, 1.807) is 6.07 Å². The molecule has 11 heavy (non-hydrogen) atoms. The van der Waals surface area contributed by atoms with Crippen LogP contribution < -0.4 is 4.74 Å². The number of aryl methyl sites for hydroxylation is 1. The summed E-state index contributed by atoms with van der Waals surface area (Å²) in [4.78, 5) is 0. The number of ether oxygens (including phenoxy) is 1. The SMILES string of the molecule is COc1cc(C)c(I)cc1F. The summed E-state index contributed by atoms with van der Waals surface area (Å²) < 4.78 is 18.6. The van der Waals surface area contributed by atoms with Crippen molar-refractivity contribution in [1.82, 2.24) is 0 Å². The largest absolute Gasteiger partial charge is 0.494 e. The summed E-state index contributed by atoms with van der Waals surface area (Å²) in [6, 6.07) is 3.16. The van der Waals surface area contributed by atoms with Crippen LogP contribution in [0.2, 0.25) is 0 Å². The first-order valence-corrected chi connectivity index (χ1v) is 4.22. The van der Waals surface area contributed by atoms with Crippen molar-refractivity contribution in [2.45, 2.75) is 6.92 Å². The maximum absolute atomic E-state index is 12.9. The fourth-order valence-corrected chi connectivity index (χ4v) is 1.22. The Balaban J connectivity index is 3.21. The lowest BCUT2D eigenvalue weighted by Crippen LogP contribution is -1.90. The fourth-order valence-electron chi connectivity index (χ4n) is 0.787. The first kappa shape index (κ1) is 8.77. The number of rotatable bonds is 1. The minimum atomic E-state index is -0.303. The Morgan fingerprint density at radius 2 is 2.09 bits per heavy atom. The normalized spacial score (nSPS) is 9.82. The van der Waals surface area contributed by atoms with Crippen LogP contribution in [0.25, 0.3) is 0 Å². The Labute approximate surface area is 78.7 Å². The molecular weight excluding hydrogens is 258 g/mol. The molecule has 0 atom stereocenters. The molecule has 0 spiro atoms. The van der Waals surface area contributed by atoms with Gasteiger partial charge >= 0.3 is 0 Å². The van der Waals surface area contributed by atoms with Crippen LogP contribution in [0.5, 0.6) is 5.75 Å². The number of halogens is 2. The van der Waals surface area contributed by atoms with Crippen LogP contribution in [0.15, 0.2) is 12.1 Å². The molecule has 1 nitrogen and oxygen atoms in total. The second-order valence-electron chi connectivity index (χ2n) is 2.24. The van der Waals surface area contributed by atoms with Crippen LogP contribution in [0.4, 0.5) is 4.39 Å². The van der Waals surface area contributed by atoms with E-state index < -0.39 is 0 Å². The third-order valence-electron chi connectivity index (χ3n) is 1.43. The molecule has 0 aromatic heterocycles. The average molecular weight is 266 g/mol. The van der Waals surface area contributed by atoms with Gasteiger partial charge in [0.05, 0.1) is 7.11 Å². The van der Waals surface area contributed by atoms with Gasteiger partial charge in [-0.05, 0) is 47.2 Å². The summed E-state index contributed by atoms with van der Waals surface area (Å²) in [5, 5.41) is 0. The lowest BCUT2D eigenvalue weighted by Gasteiger charge is -2.03. The van der Waals surface area contributed by atoms with Gasteiger partial charge in [0, 0.05) is 3.57 Å². The molecule has 0 radical (unpaired) electrons. The summed E-state index contributed by atoms with van der Waals surface area (Å²) in [6.45, 7) is 1.92. The highest BCUT2D eigenvalue weighted by atomic mass is 127. The molecule has 0 aliphatic heterocycles. The van der Waals surface area contributed by atoms with Crippen molar-refractivity contribution in [1.29, 1.82) is 0 Å². The quantitative estimate of drug-likeness (QED) is 0.710. The summed E-state index contributed by atoms with van der Waals surface area (Å²) in [5.41, 5.74) is 1.03. The lowest BCUT2D eigenvalue weighted by atomic mass is 10.2. The summed E-state index contributed by atoms with van der Waals surface area (Å²) in [5.74, 6) is 0.00501. The smallest absolute Gasteiger partial charge is 0.166 e. The van der Waals surface area contributed by atoms with E-state index in [4.69, 9.17) is 4.74 Å². The second kappa shape index (κ2) is 3.38. The molecule has 0 N–H and O–H groups in total. The predicted octanol–water partition coefficient (Wildman–Crippen LogP) is 2.75. The van der Waals surface area contributed by atoms with Crippen molar-refractivity contribution in [3.05, 3.63) is 27.1 Å². The summed E-state index contributed by atoms with van der Waals surface area (Å²) in [6.07, 6.45) is 0. The molecular formula is C8H8FIO. The highest BCUT2D eigenvalue weighted by Crippen LogP contribution is 2.22. The second-order valence-corrected chi connectivity index (χ2v) is 3.40. The third kappa shape index (κ3) is 1.83. The zero-order valence-corrected chi connectivity index (χ0v) is 8.48. The molecule has 0 aliphatic carbocycles. The molecule has 1 aromatic carbocycles. The van der Waals surface area contributed by atoms with E-state index in [-0.39, 0.29) is 5.82 Å². The van der Waals surface area contributed by atoms with Gasteiger partial charge in [0.25, 0.3) is 0 Å². The van der Waals surface area contributed by atoms with E-state index in [0.717, 1.165) is 9.13 Å². The number of benzene rings is 1. The summed E-state index contributed by atoms with van der Waals surface area (Å²) in [7, 11) is 1.46. The van der Waals surface area contributed by atoms with Gasteiger partial charge in [0.2, 0.25) is 0 Å². The van der Waals surface area contributed by atoms with Gasteiger partial charge < -0.3 is 4.74 Å². The average Bonchev–Trinajstić information content (AvgIpc) is 1.97. The molecule has 0 saturated heterocycles. The van der Waals surface area contributed by atoms with E-state index in [1.165, 1.54) is 13.2 Å². The van der Waals surface area contributed by atoms with Crippen molar-refractivity contribution in [3.63, 3.8) is 0 Å². The highest BCUT2D eigenvalue weighted by Gasteiger charge is 2.04. The van der Waals surface area contributed by atoms with Crippen molar-refractivity contribution < 1.29 is 9.13 Å². The number of hydrogen-bond acceptors (Lipinski definition) is 1.